The van der Waals surface area contributed by atoms with Crippen molar-refractivity contribution in [3.8, 4) is 11.4 Å². The van der Waals surface area contributed by atoms with Crippen molar-refractivity contribution < 1.29 is 9.53 Å². The van der Waals surface area contributed by atoms with Gasteiger partial charge in [-0.2, -0.15) is 5.10 Å². The number of nitrogens with zero attached hydrogens (tertiary/aromatic N) is 1. The zero-order valence-corrected chi connectivity index (χ0v) is 17.6. The third-order valence-corrected chi connectivity index (χ3v) is 6.20. The van der Waals surface area contributed by atoms with Crippen molar-refractivity contribution in [3.05, 3.63) is 53.6 Å². The van der Waals surface area contributed by atoms with Gasteiger partial charge in [0.2, 0.25) is 0 Å². The molecule has 31 heavy (non-hydrogen) atoms. The van der Waals surface area contributed by atoms with Gasteiger partial charge in [-0.15, -0.1) is 0 Å². The van der Waals surface area contributed by atoms with Crippen LogP contribution in [-0.4, -0.2) is 47.9 Å². The number of esters is 1. The van der Waals surface area contributed by atoms with E-state index in [0.29, 0.717) is 5.56 Å². The predicted molar refractivity (Wildman–Crippen MR) is 122 cm³/mol. The van der Waals surface area contributed by atoms with E-state index in [9.17, 15) is 4.79 Å². The summed E-state index contributed by atoms with van der Waals surface area (Å²) in [6.45, 7) is 4.16. The molecule has 0 unspecified atom stereocenters. The smallest absolute Gasteiger partial charge is 0.337 e. The first kappa shape index (κ1) is 19.8. The average Bonchev–Trinajstić information content (AvgIpc) is 3.43. The molecule has 0 bridgehead atoms. The molecule has 2 aromatic carbocycles. The topological polar surface area (TPSA) is 94.8 Å². The second kappa shape index (κ2) is 8.53. The van der Waals surface area contributed by atoms with Crippen LogP contribution in [0.1, 0.15) is 28.8 Å². The Morgan fingerprint density at radius 3 is 2.84 bits per heavy atom. The standard InChI is InChI=1S/C24H27N5O2/c1-31-24(30)16-5-6-18-21(11-16)28-29-23(18)22-12-19-17(3-2-4-20(19)27-22)14-26-13-15-7-9-25-10-8-15/h2-6,11-12,15,25-27H,7-10,13-14H2,1H3,(H,28,29). The molecule has 160 valence electrons. The van der Waals surface area contributed by atoms with Crippen LogP contribution >= 0.6 is 0 Å². The number of rotatable bonds is 6. The summed E-state index contributed by atoms with van der Waals surface area (Å²) in [6.07, 6.45) is 2.49. The molecule has 2 aromatic heterocycles. The fourth-order valence-corrected chi connectivity index (χ4v) is 4.47. The number of nitrogens with one attached hydrogen (secondary N) is 4. The summed E-state index contributed by atoms with van der Waals surface area (Å²) < 4.78 is 4.81. The van der Waals surface area contributed by atoms with Gasteiger partial charge >= 0.3 is 5.97 Å². The number of ether oxygens (including phenoxy) is 1. The molecule has 0 saturated carbocycles. The van der Waals surface area contributed by atoms with Crippen LogP contribution in [0, 0.1) is 5.92 Å². The molecule has 7 nitrogen and oxygen atoms in total. The monoisotopic (exact) mass is 417 g/mol. The summed E-state index contributed by atoms with van der Waals surface area (Å²) in [6, 6.07) is 14.0. The second-order valence-electron chi connectivity index (χ2n) is 8.21. The molecule has 1 saturated heterocycles. The van der Waals surface area contributed by atoms with E-state index in [4.69, 9.17) is 4.74 Å². The molecule has 1 aliphatic rings. The fourth-order valence-electron chi connectivity index (χ4n) is 4.47. The highest BCUT2D eigenvalue weighted by Crippen LogP contribution is 2.30. The Morgan fingerprint density at radius 2 is 2.00 bits per heavy atom. The fraction of sp³-hybridized carbons (Fsp3) is 0.333. The van der Waals surface area contributed by atoms with Crippen molar-refractivity contribution in [1.82, 2.24) is 25.8 Å². The van der Waals surface area contributed by atoms with Crippen molar-refractivity contribution >= 4 is 27.8 Å². The van der Waals surface area contributed by atoms with Crippen LogP contribution in [0.15, 0.2) is 42.5 Å². The first-order valence-electron chi connectivity index (χ1n) is 10.8. The first-order valence-corrected chi connectivity index (χ1v) is 10.8. The van der Waals surface area contributed by atoms with Gasteiger partial charge in [0.25, 0.3) is 0 Å². The van der Waals surface area contributed by atoms with E-state index in [1.165, 1.54) is 30.9 Å². The maximum absolute atomic E-state index is 11.8. The van der Waals surface area contributed by atoms with Crippen LogP contribution in [-0.2, 0) is 11.3 Å². The van der Waals surface area contributed by atoms with Gasteiger partial charge in [0.1, 0.15) is 5.69 Å². The van der Waals surface area contributed by atoms with Crippen molar-refractivity contribution in [2.75, 3.05) is 26.7 Å². The van der Waals surface area contributed by atoms with Crippen LogP contribution in [0.5, 0.6) is 0 Å². The minimum atomic E-state index is -0.356. The Kier molecular flexibility index (Phi) is 5.44. The van der Waals surface area contributed by atoms with E-state index in [2.05, 4.69) is 50.1 Å². The lowest BCUT2D eigenvalue weighted by molar-refractivity contribution is 0.0601. The largest absolute Gasteiger partial charge is 0.465 e. The molecule has 0 atom stereocenters. The average molecular weight is 418 g/mol. The molecule has 4 N–H and O–H groups in total. The van der Waals surface area contributed by atoms with Gasteiger partial charge in [-0.05, 0) is 74.3 Å². The number of carbonyl (C=O) groups is 1. The van der Waals surface area contributed by atoms with Crippen LogP contribution in [0.4, 0.5) is 0 Å². The highest BCUT2D eigenvalue weighted by Gasteiger charge is 2.15. The van der Waals surface area contributed by atoms with Gasteiger partial charge < -0.3 is 20.4 Å². The number of hydrogen-bond acceptors (Lipinski definition) is 5. The molecular weight excluding hydrogens is 390 g/mol. The van der Waals surface area contributed by atoms with Gasteiger partial charge in [-0.1, -0.05) is 12.1 Å². The molecule has 3 heterocycles. The van der Waals surface area contributed by atoms with Gasteiger partial charge in [-0.25, -0.2) is 4.79 Å². The minimum absolute atomic E-state index is 0.356. The van der Waals surface area contributed by atoms with Crippen LogP contribution < -0.4 is 10.6 Å². The molecule has 7 heteroatoms. The predicted octanol–water partition coefficient (Wildman–Crippen LogP) is 3.59. The van der Waals surface area contributed by atoms with Gasteiger partial charge in [0.05, 0.1) is 23.9 Å². The molecule has 4 aromatic rings. The van der Waals surface area contributed by atoms with Gasteiger partial charge in [0, 0.05) is 22.8 Å². The number of aromatic nitrogens is 3. The maximum Gasteiger partial charge on any atom is 0.337 e. The summed E-state index contributed by atoms with van der Waals surface area (Å²) >= 11 is 0. The second-order valence-corrected chi connectivity index (χ2v) is 8.21. The third-order valence-electron chi connectivity index (χ3n) is 6.20. The molecular formula is C24H27N5O2. The van der Waals surface area contributed by atoms with E-state index in [1.807, 2.05) is 6.07 Å². The number of aromatic amines is 2. The molecule has 0 amide bonds. The van der Waals surface area contributed by atoms with Gasteiger partial charge in [-0.3, -0.25) is 5.10 Å². The zero-order valence-electron chi connectivity index (χ0n) is 17.6. The summed E-state index contributed by atoms with van der Waals surface area (Å²) in [7, 11) is 1.38. The summed E-state index contributed by atoms with van der Waals surface area (Å²) in [5, 5.41) is 16.8. The Balaban J connectivity index is 1.39. The van der Waals surface area contributed by atoms with E-state index in [1.54, 1.807) is 12.1 Å². The maximum atomic E-state index is 11.8. The Hall–Kier alpha value is -3.16. The van der Waals surface area contributed by atoms with Crippen molar-refractivity contribution in [2.24, 2.45) is 5.92 Å². The molecule has 5 rings (SSSR count). The zero-order chi connectivity index (χ0) is 21.2. The highest BCUT2D eigenvalue weighted by molar-refractivity contribution is 6.00. The van der Waals surface area contributed by atoms with E-state index < -0.39 is 0 Å². The quantitative estimate of drug-likeness (QED) is 0.360. The Morgan fingerprint density at radius 1 is 1.13 bits per heavy atom. The molecule has 1 fully saturated rings. The van der Waals surface area contributed by atoms with Crippen molar-refractivity contribution in [2.45, 2.75) is 19.4 Å². The highest BCUT2D eigenvalue weighted by atomic mass is 16.5. The number of hydrogen-bond donors (Lipinski definition) is 4. The number of benzene rings is 2. The number of piperidine rings is 1. The number of fused-ring (bicyclic) bond motifs is 2. The van der Waals surface area contributed by atoms with E-state index in [-0.39, 0.29) is 5.97 Å². The minimum Gasteiger partial charge on any atom is -0.465 e. The van der Waals surface area contributed by atoms with Crippen molar-refractivity contribution in [3.63, 3.8) is 0 Å². The summed E-state index contributed by atoms with van der Waals surface area (Å²) in [5.74, 6) is 0.401. The van der Waals surface area contributed by atoms with Crippen LogP contribution in [0.3, 0.4) is 0 Å². The summed E-state index contributed by atoms with van der Waals surface area (Å²) in [4.78, 5) is 15.3. The van der Waals surface area contributed by atoms with E-state index >= 15 is 0 Å². The summed E-state index contributed by atoms with van der Waals surface area (Å²) in [5.41, 5.74) is 5.48. The number of carbonyl (C=O) groups excluding carboxylic acids is 1. The Bertz CT molecular complexity index is 1220. The SMILES string of the molecule is COC(=O)c1ccc2c(-c3cc4c(CNCC5CCNCC5)cccc4[nH]3)n[nH]c2c1. The Labute approximate surface area is 180 Å². The van der Waals surface area contributed by atoms with Gasteiger partial charge in [0.15, 0.2) is 0 Å². The lowest BCUT2D eigenvalue weighted by atomic mass is 9.98. The lowest BCUT2D eigenvalue weighted by Gasteiger charge is -2.22. The third kappa shape index (κ3) is 3.94. The number of H-pyrrole nitrogens is 2. The normalized spacial score (nSPS) is 15.0. The van der Waals surface area contributed by atoms with Crippen molar-refractivity contribution in [1.29, 1.82) is 0 Å². The molecule has 0 radical (unpaired) electrons. The van der Waals surface area contributed by atoms with E-state index in [0.717, 1.165) is 59.9 Å². The molecule has 1 aliphatic heterocycles. The van der Waals surface area contributed by atoms with Crippen LogP contribution in [0.2, 0.25) is 0 Å². The molecule has 0 aliphatic carbocycles. The number of methoxy groups -OCH3 is 1. The van der Waals surface area contributed by atoms with Crippen LogP contribution in [0.25, 0.3) is 33.2 Å². The lowest BCUT2D eigenvalue weighted by Crippen LogP contribution is -2.33. The first-order chi connectivity index (χ1) is 15.2. The molecule has 0 spiro atoms.